The number of benzene rings is 2. The third kappa shape index (κ3) is 3.34. The zero-order chi connectivity index (χ0) is 13.3. The number of rotatable bonds is 2. The van der Waals surface area contributed by atoms with Crippen molar-refractivity contribution < 1.29 is 0 Å². The summed E-state index contributed by atoms with van der Waals surface area (Å²) < 4.78 is 1.03. The van der Waals surface area contributed by atoms with Crippen molar-refractivity contribution in [3.63, 3.8) is 0 Å². The number of halogens is 5. The van der Waals surface area contributed by atoms with E-state index in [0.717, 1.165) is 19.7 Å². The normalized spacial score (nSPS) is 12.5. The first-order valence-corrected chi connectivity index (χ1v) is 8.16. The molecular formula is C13H7BrCl3I. The third-order valence-electron chi connectivity index (χ3n) is 2.47. The van der Waals surface area contributed by atoms with Gasteiger partial charge >= 0.3 is 0 Å². The number of alkyl halides is 1. The van der Waals surface area contributed by atoms with E-state index >= 15 is 0 Å². The Balaban J connectivity index is 2.41. The van der Waals surface area contributed by atoms with E-state index < -0.39 is 0 Å². The molecule has 2 aromatic carbocycles. The fourth-order valence-corrected chi connectivity index (χ4v) is 3.41. The van der Waals surface area contributed by atoms with Crippen molar-refractivity contribution in [2.24, 2.45) is 0 Å². The molecule has 0 N–H and O–H groups in total. The van der Waals surface area contributed by atoms with Crippen LogP contribution in [0.5, 0.6) is 0 Å². The summed E-state index contributed by atoms with van der Waals surface area (Å²) in [4.78, 5) is -0.00299. The Morgan fingerprint density at radius 2 is 1.67 bits per heavy atom. The summed E-state index contributed by atoms with van der Waals surface area (Å²) in [6.07, 6.45) is 0. The van der Waals surface area contributed by atoms with E-state index in [1.54, 1.807) is 6.07 Å². The SMILES string of the molecule is Clc1ccc(C(Br)c2ccc(I)c(Cl)c2)c(Cl)c1. The van der Waals surface area contributed by atoms with E-state index in [1.807, 2.05) is 30.3 Å². The van der Waals surface area contributed by atoms with Gasteiger partial charge in [-0.3, -0.25) is 0 Å². The molecule has 18 heavy (non-hydrogen) atoms. The van der Waals surface area contributed by atoms with Gasteiger partial charge in [-0.2, -0.15) is 0 Å². The molecule has 0 aromatic heterocycles. The fraction of sp³-hybridized carbons (Fsp3) is 0.0769. The van der Waals surface area contributed by atoms with Gasteiger partial charge in [0.1, 0.15) is 0 Å². The topological polar surface area (TPSA) is 0 Å². The van der Waals surface area contributed by atoms with E-state index in [-0.39, 0.29) is 4.83 Å². The van der Waals surface area contributed by atoms with E-state index in [1.165, 1.54) is 0 Å². The molecule has 0 aliphatic heterocycles. The lowest BCUT2D eigenvalue weighted by Crippen LogP contribution is -1.94. The molecule has 5 heteroatoms. The van der Waals surface area contributed by atoms with Crippen LogP contribution in [0, 0.1) is 3.57 Å². The smallest absolute Gasteiger partial charge is 0.0659 e. The molecular weight excluding hydrogens is 469 g/mol. The second-order valence-electron chi connectivity index (χ2n) is 3.70. The first-order chi connectivity index (χ1) is 8.49. The van der Waals surface area contributed by atoms with Crippen molar-refractivity contribution in [2.45, 2.75) is 4.83 Å². The van der Waals surface area contributed by atoms with E-state index in [0.29, 0.717) is 10.0 Å². The average molecular weight is 476 g/mol. The maximum atomic E-state index is 6.20. The molecule has 0 aliphatic rings. The van der Waals surface area contributed by atoms with Crippen LogP contribution in [0.15, 0.2) is 36.4 Å². The van der Waals surface area contributed by atoms with Crippen LogP contribution < -0.4 is 0 Å². The standard InChI is InChI=1S/C13H7BrCl3I/c14-13(7-1-4-12(18)11(17)5-7)9-3-2-8(15)6-10(9)16/h1-6,13H. The minimum atomic E-state index is -0.00299. The highest BCUT2D eigenvalue weighted by molar-refractivity contribution is 14.1. The summed E-state index contributed by atoms with van der Waals surface area (Å²) in [5.74, 6) is 0. The molecule has 94 valence electrons. The highest BCUT2D eigenvalue weighted by Gasteiger charge is 2.15. The molecule has 0 nitrogen and oxygen atoms in total. The van der Waals surface area contributed by atoms with E-state index in [4.69, 9.17) is 34.8 Å². The first kappa shape index (κ1) is 14.9. The Labute approximate surface area is 143 Å². The molecule has 0 radical (unpaired) electrons. The van der Waals surface area contributed by atoms with Crippen molar-refractivity contribution in [3.8, 4) is 0 Å². The predicted molar refractivity (Wildman–Crippen MR) is 91.4 cm³/mol. The Morgan fingerprint density at radius 1 is 0.944 bits per heavy atom. The molecule has 1 unspecified atom stereocenters. The van der Waals surface area contributed by atoms with Gasteiger partial charge in [-0.1, -0.05) is 62.9 Å². The van der Waals surface area contributed by atoms with Crippen LogP contribution in [0.1, 0.15) is 16.0 Å². The van der Waals surface area contributed by atoms with Crippen LogP contribution in [-0.4, -0.2) is 0 Å². The Bertz CT molecular complexity index is 586. The molecule has 0 bridgehead atoms. The molecule has 1 atom stereocenters. The van der Waals surface area contributed by atoms with E-state index in [9.17, 15) is 0 Å². The summed E-state index contributed by atoms with van der Waals surface area (Å²) in [6.45, 7) is 0. The molecule has 0 saturated heterocycles. The van der Waals surface area contributed by atoms with Crippen LogP contribution in [0.4, 0.5) is 0 Å². The molecule has 0 saturated carbocycles. The Kier molecular flexibility index (Phi) is 5.23. The molecule has 0 amide bonds. The quantitative estimate of drug-likeness (QED) is 0.333. The predicted octanol–water partition coefficient (Wildman–Crippen LogP) is 6.74. The third-order valence-corrected chi connectivity index (χ3v) is 5.63. The van der Waals surface area contributed by atoms with Crippen LogP contribution in [-0.2, 0) is 0 Å². The molecule has 0 spiro atoms. The summed E-state index contributed by atoms with van der Waals surface area (Å²) in [6, 6.07) is 11.4. The van der Waals surface area contributed by atoms with Gasteiger partial charge in [-0.25, -0.2) is 0 Å². The highest BCUT2D eigenvalue weighted by Crippen LogP contribution is 2.37. The van der Waals surface area contributed by atoms with Gasteiger partial charge in [0.05, 0.1) is 9.85 Å². The average Bonchev–Trinajstić information content (AvgIpc) is 2.32. The summed E-state index contributed by atoms with van der Waals surface area (Å²) in [5.41, 5.74) is 2.03. The van der Waals surface area contributed by atoms with Crippen LogP contribution in [0.3, 0.4) is 0 Å². The van der Waals surface area contributed by atoms with Crippen molar-refractivity contribution in [1.82, 2.24) is 0 Å². The lowest BCUT2D eigenvalue weighted by Gasteiger charge is -2.13. The van der Waals surface area contributed by atoms with Gasteiger partial charge in [0, 0.05) is 13.6 Å². The van der Waals surface area contributed by atoms with Crippen LogP contribution in [0.25, 0.3) is 0 Å². The van der Waals surface area contributed by atoms with Crippen LogP contribution in [0.2, 0.25) is 15.1 Å². The van der Waals surface area contributed by atoms with Gasteiger partial charge in [0.25, 0.3) is 0 Å². The zero-order valence-electron chi connectivity index (χ0n) is 8.93. The van der Waals surface area contributed by atoms with E-state index in [2.05, 4.69) is 38.5 Å². The van der Waals surface area contributed by atoms with Gasteiger partial charge in [0.15, 0.2) is 0 Å². The number of hydrogen-bond donors (Lipinski definition) is 0. The van der Waals surface area contributed by atoms with Crippen molar-refractivity contribution in [2.75, 3.05) is 0 Å². The van der Waals surface area contributed by atoms with Crippen LogP contribution >= 0.6 is 73.3 Å². The highest BCUT2D eigenvalue weighted by atomic mass is 127. The summed E-state index contributed by atoms with van der Waals surface area (Å²) in [7, 11) is 0. The Morgan fingerprint density at radius 3 is 2.28 bits per heavy atom. The second kappa shape index (κ2) is 6.31. The maximum absolute atomic E-state index is 6.20. The molecule has 2 aromatic rings. The maximum Gasteiger partial charge on any atom is 0.0659 e. The second-order valence-corrected chi connectivity index (χ2v) is 7.03. The number of hydrogen-bond acceptors (Lipinski definition) is 0. The molecule has 0 fully saturated rings. The van der Waals surface area contributed by atoms with Gasteiger partial charge < -0.3 is 0 Å². The lowest BCUT2D eigenvalue weighted by molar-refractivity contribution is 1.18. The van der Waals surface area contributed by atoms with Crippen molar-refractivity contribution >= 4 is 73.3 Å². The zero-order valence-corrected chi connectivity index (χ0v) is 14.9. The minimum Gasteiger partial charge on any atom is -0.0843 e. The first-order valence-electron chi connectivity index (χ1n) is 5.03. The van der Waals surface area contributed by atoms with Gasteiger partial charge in [-0.05, 0) is 58.0 Å². The molecule has 0 aliphatic carbocycles. The summed E-state index contributed by atoms with van der Waals surface area (Å²) in [5, 5.41) is 2.01. The monoisotopic (exact) mass is 474 g/mol. The van der Waals surface area contributed by atoms with Gasteiger partial charge in [-0.15, -0.1) is 0 Å². The van der Waals surface area contributed by atoms with Gasteiger partial charge in [0.2, 0.25) is 0 Å². The minimum absolute atomic E-state index is 0.00299. The Hall–Kier alpha value is 0.520. The largest absolute Gasteiger partial charge is 0.0843 e. The van der Waals surface area contributed by atoms with Crippen molar-refractivity contribution in [3.05, 3.63) is 66.2 Å². The fourth-order valence-electron chi connectivity index (χ4n) is 1.56. The van der Waals surface area contributed by atoms with Crippen molar-refractivity contribution in [1.29, 1.82) is 0 Å². The molecule has 0 heterocycles. The lowest BCUT2D eigenvalue weighted by atomic mass is 10.0. The summed E-state index contributed by atoms with van der Waals surface area (Å²) >= 11 is 24.1. The molecule has 2 rings (SSSR count).